The fraction of sp³-hybridized carbons (Fsp3) is 0.462. The van der Waals surface area contributed by atoms with Crippen LogP contribution < -0.4 is 10.1 Å². The molecule has 1 saturated heterocycles. The molecule has 1 fully saturated rings. The second-order valence-electron chi connectivity index (χ2n) is 4.11. The van der Waals surface area contributed by atoms with Gasteiger partial charge in [0.2, 0.25) is 0 Å². The van der Waals surface area contributed by atoms with Crippen molar-refractivity contribution < 1.29 is 14.3 Å². The molecule has 1 N–H and O–H groups in total. The van der Waals surface area contributed by atoms with Gasteiger partial charge in [-0.1, -0.05) is 6.07 Å². The Morgan fingerprint density at radius 3 is 3.06 bits per heavy atom. The molecule has 0 bridgehead atoms. The van der Waals surface area contributed by atoms with Crippen molar-refractivity contribution in [3.8, 4) is 5.75 Å². The van der Waals surface area contributed by atoms with Gasteiger partial charge in [-0.2, -0.15) is 0 Å². The molecule has 0 unspecified atom stereocenters. The molecule has 0 aliphatic carbocycles. The Morgan fingerprint density at radius 1 is 1.47 bits per heavy atom. The third-order valence-electron chi connectivity index (χ3n) is 2.81. The third-order valence-corrected chi connectivity index (χ3v) is 2.81. The van der Waals surface area contributed by atoms with E-state index in [1.54, 1.807) is 18.2 Å². The summed E-state index contributed by atoms with van der Waals surface area (Å²) >= 11 is 0. The molecule has 0 aromatic heterocycles. The van der Waals surface area contributed by atoms with E-state index in [0.717, 1.165) is 31.7 Å². The van der Waals surface area contributed by atoms with Gasteiger partial charge in [-0.3, -0.25) is 0 Å². The number of hydrogen-bond acceptors (Lipinski definition) is 4. The number of carbonyl (C=O) groups is 1. The minimum Gasteiger partial charge on any atom is -0.489 e. The summed E-state index contributed by atoms with van der Waals surface area (Å²) < 4.78 is 10.5. The second-order valence-corrected chi connectivity index (χ2v) is 4.11. The molecular weight excluding hydrogens is 218 g/mol. The zero-order valence-corrected chi connectivity index (χ0v) is 9.94. The van der Waals surface area contributed by atoms with Gasteiger partial charge in [-0.15, -0.1) is 0 Å². The number of carbonyl (C=O) groups excluding carboxylic acids is 1. The Morgan fingerprint density at radius 2 is 2.35 bits per heavy atom. The number of hydrogen-bond donors (Lipinski definition) is 1. The number of methoxy groups -OCH3 is 1. The Hall–Kier alpha value is -1.55. The van der Waals surface area contributed by atoms with E-state index in [4.69, 9.17) is 4.74 Å². The Kier molecular flexibility index (Phi) is 3.98. The molecule has 1 aromatic rings. The summed E-state index contributed by atoms with van der Waals surface area (Å²) in [5.74, 6) is 0.388. The van der Waals surface area contributed by atoms with Gasteiger partial charge in [-0.25, -0.2) is 4.79 Å². The van der Waals surface area contributed by atoms with E-state index in [9.17, 15) is 4.79 Å². The van der Waals surface area contributed by atoms with Crippen molar-refractivity contribution in [2.75, 3.05) is 20.2 Å². The molecule has 0 amide bonds. The lowest BCUT2D eigenvalue weighted by Gasteiger charge is -2.24. The molecule has 92 valence electrons. The third kappa shape index (κ3) is 3.20. The van der Waals surface area contributed by atoms with E-state index in [1.165, 1.54) is 7.11 Å². The molecule has 4 nitrogen and oxygen atoms in total. The van der Waals surface area contributed by atoms with E-state index in [1.807, 2.05) is 6.07 Å². The van der Waals surface area contributed by atoms with Gasteiger partial charge in [0.05, 0.1) is 12.7 Å². The number of esters is 1. The van der Waals surface area contributed by atoms with Crippen LogP contribution in [0.5, 0.6) is 5.75 Å². The summed E-state index contributed by atoms with van der Waals surface area (Å²) in [6, 6.07) is 7.11. The zero-order chi connectivity index (χ0) is 12.1. The number of benzene rings is 1. The molecule has 1 aliphatic rings. The molecule has 0 spiro atoms. The smallest absolute Gasteiger partial charge is 0.337 e. The lowest BCUT2D eigenvalue weighted by Crippen LogP contribution is -2.37. The number of ether oxygens (including phenoxy) is 2. The molecule has 2 rings (SSSR count). The van der Waals surface area contributed by atoms with Crippen LogP contribution in [0.3, 0.4) is 0 Å². The van der Waals surface area contributed by atoms with Crippen molar-refractivity contribution in [2.45, 2.75) is 18.9 Å². The standard InChI is InChI=1S/C13H17NO3/c1-16-13(15)10-4-2-5-11(8-10)17-12-6-3-7-14-9-12/h2,4-5,8,12,14H,3,6-7,9H2,1H3/t12-/m0/s1. The highest BCUT2D eigenvalue weighted by Crippen LogP contribution is 2.17. The van der Waals surface area contributed by atoms with Crippen molar-refractivity contribution in [2.24, 2.45) is 0 Å². The lowest BCUT2D eigenvalue weighted by molar-refractivity contribution is 0.0599. The maximum Gasteiger partial charge on any atom is 0.337 e. The lowest BCUT2D eigenvalue weighted by atomic mass is 10.1. The van der Waals surface area contributed by atoms with Crippen molar-refractivity contribution in [1.82, 2.24) is 5.32 Å². The van der Waals surface area contributed by atoms with Gasteiger partial charge < -0.3 is 14.8 Å². The predicted octanol–water partition coefficient (Wildman–Crippen LogP) is 1.60. The van der Waals surface area contributed by atoms with Crippen molar-refractivity contribution in [3.05, 3.63) is 29.8 Å². The molecular formula is C13H17NO3. The van der Waals surface area contributed by atoms with Crippen molar-refractivity contribution >= 4 is 5.97 Å². The first kappa shape index (κ1) is 11.9. The van der Waals surface area contributed by atoms with E-state index < -0.39 is 0 Å². The topological polar surface area (TPSA) is 47.6 Å². The molecule has 0 saturated carbocycles. The molecule has 1 aliphatic heterocycles. The van der Waals surface area contributed by atoms with E-state index in [2.05, 4.69) is 10.1 Å². The Bertz CT molecular complexity index is 386. The molecule has 17 heavy (non-hydrogen) atoms. The van der Waals surface area contributed by atoms with Crippen LogP contribution in [0.2, 0.25) is 0 Å². The van der Waals surface area contributed by atoms with Crippen LogP contribution in [0, 0.1) is 0 Å². The summed E-state index contributed by atoms with van der Waals surface area (Å²) in [7, 11) is 1.38. The summed E-state index contributed by atoms with van der Waals surface area (Å²) in [6.45, 7) is 1.92. The summed E-state index contributed by atoms with van der Waals surface area (Å²) in [4.78, 5) is 11.4. The maximum atomic E-state index is 11.4. The maximum absolute atomic E-state index is 11.4. The first-order valence-corrected chi connectivity index (χ1v) is 5.85. The van der Waals surface area contributed by atoms with Crippen LogP contribution in [0.4, 0.5) is 0 Å². The molecule has 0 radical (unpaired) electrons. The van der Waals surface area contributed by atoms with Crippen molar-refractivity contribution in [1.29, 1.82) is 0 Å². The summed E-state index contributed by atoms with van der Waals surface area (Å²) in [5, 5.41) is 3.29. The molecule has 1 aromatic carbocycles. The highest BCUT2D eigenvalue weighted by Gasteiger charge is 2.15. The van der Waals surface area contributed by atoms with Crippen LogP contribution in [-0.2, 0) is 4.74 Å². The van der Waals surface area contributed by atoms with E-state index in [-0.39, 0.29) is 12.1 Å². The van der Waals surface area contributed by atoms with Gasteiger partial charge >= 0.3 is 5.97 Å². The number of nitrogens with one attached hydrogen (secondary N) is 1. The van der Waals surface area contributed by atoms with E-state index >= 15 is 0 Å². The van der Waals surface area contributed by atoms with E-state index in [0.29, 0.717) is 5.56 Å². The van der Waals surface area contributed by atoms with Crippen molar-refractivity contribution in [3.63, 3.8) is 0 Å². The minimum atomic E-state index is -0.336. The normalized spacial score (nSPS) is 19.7. The first-order chi connectivity index (χ1) is 8.29. The van der Waals surface area contributed by atoms with Crippen LogP contribution in [0.1, 0.15) is 23.2 Å². The average molecular weight is 235 g/mol. The number of piperidine rings is 1. The van der Waals surface area contributed by atoms with Gasteiger partial charge in [0.1, 0.15) is 11.9 Å². The molecule has 1 atom stereocenters. The van der Waals surface area contributed by atoms with Crippen LogP contribution in [-0.4, -0.2) is 32.3 Å². The van der Waals surface area contributed by atoms with Gasteiger partial charge in [-0.05, 0) is 37.6 Å². The molecule has 4 heteroatoms. The molecule has 1 heterocycles. The first-order valence-electron chi connectivity index (χ1n) is 5.85. The quantitative estimate of drug-likeness (QED) is 0.808. The Labute approximate surface area is 101 Å². The summed E-state index contributed by atoms with van der Waals surface area (Å²) in [6.07, 6.45) is 2.37. The van der Waals surface area contributed by atoms with Gasteiger partial charge in [0.15, 0.2) is 0 Å². The van der Waals surface area contributed by atoms with Crippen LogP contribution in [0.15, 0.2) is 24.3 Å². The average Bonchev–Trinajstić information content (AvgIpc) is 2.39. The minimum absolute atomic E-state index is 0.191. The summed E-state index contributed by atoms with van der Waals surface area (Å²) in [5.41, 5.74) is 0.522. The monoisotopic (exact) mass is 235 g/mol. The SMILES string of the molecule is COC(=O)c1cccc(O[C@H]2CCCNC2)c1. The van der Waals surface area contributed by atoms with Gasteiger partial charge in [0.25, 0.3) is 0 Å². The zero-order valence-electron chi connectivity index (χ0n) is 9.94. The van der Waals surface area contributed by atoms with Crippen LogP contribution in [0.25, 0.3) is 0 Å². The fourth-order valence-corrected chi connectivity index (χ4v) is 1.93. The number of rotatable bonds is 3. The highest BCUT2D eigenvalue weighted by atomic mass is 16.5. The highest BCUT2D eigenvalue weighted by molar-refractivity contribution is 5.89. The van der Waals surface area contributed by atoms with Crippen LogP contribution >= 0.6 is 0 Å². The van der Waals surface area contributed by atoms with Gasteiger partial charge in [0, 0.05) is 6.54 Å². The largest absolute Gasteiger partial charge is 0.489 e. The second kappa shape index (κ2) is 5.68. The Balaban J connectivity index is 2.02. The fourth-order valence-electron chi connectivity index (χ4n) is 1.93. The predicted molar refractivity (Wildman–Crippen MR) is 64.3 cm³/mol.